The van der Waals surface area contributed by atoms with Gasteiger partial charge >= 0.3 is 6.03 Å². The van der Waals surface area contributed by atoms with Crippen molar-refractivity contribution in [2.45, 2.75) is 26.3 Å². The van der Waals surface area contributed by atoms with E-state index in [0.717, 1.165) is 29.0 Å². The number of aryl methyl sites for hydroxylation is 1. The highest BCUT2D eigenvalue weighted by Gasteiger charge is 2.30. The summed E-state index contributed by atoms with van der Waals surface area (Å²) in [4.78, 5) is 14.5. The molecule has 0 aliphatic carbocycles. The second-order valence-electron chi connectivity index (χ2n) is 6.18. The van der Waals surface area contributed by atoms with Crippen molar-refractivity contribution in [1.82, 2.24) is 4.90 Å². The third kappa shape index (κ3) is 3.61. The Balaban J connectivity index is 1.77. The van der Waals surface area contributed by atoms with Crippen molar-refractivity contribution >= 4 is 11.7 Å². The Hall–Kier alpha value is -2.53. The molecular weight excluding hydrogens is 316 g/mol. The minimum atomic E-state index is -0.312. The molecule has 0 saturated carbocycles. The van der Waals surface area contributed by atoms with E-state index >= 15 is 0 Å². The van der Waals surface area contributed by atoms with Crippen LogP contribution in [-0.4, -0.2) is 35.8 Å². The molecule has 5 nitrogen and oxygen atoms in total. The molecule has 1 heterocycles. The van der Waals surface area contributed by atoms with Gasteiger partial charge in [-0.25, -0.2) is 4.79 Å². The van der Waals surface area contributed by atoms with Crippen LogP contribution in [0.5, 0.6) is 5.75 Å². The number of carbonyl (C=O) groups excluding carboxylic acids is 1. The molecule has 3 rings (SSSR count). The average molecular weight is 340 g/mol. The number of fused-ring (bicyclic) bond motifs is 1. The van der Waals surface area contributed by atoms with Crippen molar-refractivity contribution in [1.29, 1.82) is 0 Å². The summed E-state index contributed by atoms with van der Waals surface area (Å²) in [6.07, 6.45) is 0.794. The summed E-state index contributed by atoms with van der Waals surface area (Å²) in [5.74, 6) is 0.790. The van der Waals surface area contributed by atoms with Crippen LogP contribution < -0.4 is 10.1 Å². The topological polar surface area (TPSA) is 61.8 Å². The van der Waals surface area contributed by atoms with Gasteiger partial charge < -0.3 is 20.1 Å². The number of urea groups is 1. The first-order valence-electron chi connectivity index (χ1n) is 8.63. The SMILES string of the molecule is CCOc1ccc(NC(=O)N2CCc3ccccc3C2CO)c(C)c1. The Morgan fingerprint density at radius 3 is 2.84 bits per heavy atom. The van der Waals surface area contributed by atoms with Crippen LogP contribution in [0.15, 0.2) is 42.5 Å². The number of anilines is 1. The second kappa shape index (κ2) is 7.57. The molecule has 1 unspecified atom stereocenters. The van der Waals surface area contributed by atoms with Crippen LogP contribution >= 0.6 is 0 Å². The third-order valence-electron chi connectivity index (χ3n) is 4.60. The van der Waals surface area contributed by atoms with Crippen LogP contribution in [0.25, 0.3) is 0 Å². The van der Waals surface area contributed by atoms with Gasteiger partial charge in [-0.05, 0) is 55.2 Å². The van der Waals surface area contributed by atoms with E-state index in [1.165, 1.54) is 5.56 Å². The summed E-state index contributed by atoms with van der Waals surface area (Å²) in [7, 11) is 0. The molecule has 2 aromatic carbocycles. The van der Waals surface area contributed by atoms with Crippen molar-refractivity contribution in [2.75, 3.05) is 25.1 Å². The molecule has 0 bridgehead atoms. The molecule has 0 saturated heterocycles. The summed E-state index contributed by atoms with van der Waals surface area (Å²) in [6, 6.07) is 13.1. The monoisotopic (exact) mass is 340 g/mol. The Labute approximate surface area is 148 Å². The van der Waals surface area contributed by atoms with Gasteiger partial charge in [0.15, 0.2) is 0 Å². The van der Waals surface area contributed by atoms with E-state index < -0.39 is 0 Å². The summed E-state index contributed by atoms with van der Waals surface area (Å²) < 4.78 is 5.48. The fraction of sp³-hybridized carbons (Fsp3) is 0.350. The number of hydrogen-bond donors (Lipinski definition) is 2. The van der Waals surface area contributed by atoms with Crippen molar-refractivity contribution in [3.8, 4) is 5.75 Å². The zero-order valence-electron chi connectivity index (χ0n) is 14.7. The molecule has 1 aliphatic rings. The highest BCUT2D eigenvalue weighted by Crippen LogP contribution is 2.30. The summed E-state index contributed by atoms with van der Waals surface area (Å²) in [5.41, 5.74) is 3.92. The van der Waals surface area contributed by atoms with Gasteiger partial charge in [-0.3, -0.25) is 0 Å². The maximum atomic E-state index is 12.8. The summed E-state index contributed by atoms with van der Waals surface area (Å²) in [6.45, 7) is 4.98. The lowest BCUT2D eigenvalue weighted by Gasteiger charge is -2.36. The molecular formula is C20H24N2O3. The molecule has 132 valence electrons. The Morgan fingerprint density at radius 1 is 1.32 bits per heavy atom. The first-order valence-corrected chi connectivity index (χ1v) is 8.63. The van der Waals surface area contributed by atoms with E-state index in [1.54, 1.807) is 4.90 Å². The number of aliphatic hydroxyl groups excluding tert-OH is 1. The molecule has 0 radical (unpaired) electrons. The molecule has 1 atom stereocenters. The fourth-order valence-electron chi connectivity index (χ4n) is 3.31. The predicted molar refractivity (Wildman–Crippen MR) is 98.0 cm³/mol. The van der Waals surface area contributed by atoms with Crippen molar-refractivity contribution in [2.24, 2.45) is 0 Å². The Bertz CT molecular complexity index is 760. The second-order valence-corrected chi connectivity index (χ2v) is 6.18. The van der Waals surface area contributed by atoms with Crippen molar-refractivity contribution in [3.63, 3.8) is 0 Å². The highest BCUT2D eigenvalue weighted by molar-refractivity contribution is 5.90. The number of hydrogen-bond acceptors (Lipinski definition) is 3. The van der Waals surface area contributed by atoms with Gasteiger partial charge in [-0.1, -0.05) is 24.3 Å². The van der Waals surface area contributed by atoms with E-state index in [2.05, 4.69) is 11.4 Å². The third-order valence-corrected chi connectivity index (χ3v) is 4.60. The summed E-state index contributed by atoms with van der Waals surface area (Å²) in [5, 5.41) is 12.8. The lowest BCUT2D eigenvalue weighted by Crippen LogP contribution is -2.43. The van der Waals surface area contributed by atoms with Gasteiger partial charge in [-0.15, -0.1) is 0 Å². The van der Waals surface area contributed by atoms with E-state index in [-0.39, 0.29) is 18.7 Å². The maximum Gasteiger partial charge on any atom is 0.322 e. The van der Waals surface area contributed by atoms with Crippen LogP contribution in [0.2, 0.25) is 0 Å². The standard InChI is InChI=1S/C20H24N2O3/c1-3-25-16-8-9-18(14(2)12-16)21-20(24)22-11-10-15-6-4-5-7-17(15)19(22)13-23/h4-9,12,19,23H,3,10-11,13H2,1-2H3,(H,21,24). The van der Waals surface area contributed by atoms with Crippen LogP contribution in [-0.2, 0) is 6.42 Å². The van der Waals surface area contributed by atoms with Gasteiger partial charge in [0.2, 0.25) is 0 Å². The predicted octanol–water partition coefficient (Wildman–Crippen LogP) is 3.52. The van der Waals surface area contributed by atoms with Crippen molar-refractivity contribution < 1.29 is 14.6 Å². The van der Waals surface area contributed by atoms with Gasteiger partial charge in [0, 0.05) is 12.2 Å². The number of nitrogens with one attached hydrogen (secondary N) is 1. The van der Waals surface area contributed by atoms with Crippen LogP contribution in [0, 0.1) is 6.92 Å². The van der Waals surface area contributed by atoms with Crippen molar-refractivity contribution in [3.05, 3.63) is 59.2 Å². The lowest BCUT2D eigenvalue weighted by atomic mass is 9.93. The van der Waals surface area contributed by atoms with Crippen LogP contribution in [0.1, 0.15) is 29.7 Å². The zero-order valence-corrected chi connectivity index (χ0v) is 14.7. The Kier molecular flexibility index (Phi) is 5.24. The van der Waals surface area contributed by atoms with Crippen LogP contribution in [0.3, 0.4) is 0 Å². The smallest absolute Gasteiger partial charge is 0.322 e. The molecule has 2 amide bonds. The van der Waals surface area contributed by atoms with Gasteiger partial charge in [0.25, 0.3) is 0 Å². The largest absolute Gasteiger partial charge is 0.494 e. The van der Waals surface area contributed by atoms with Gasteiger partial charge in [-0.2, -0.15) is 0 Å². The van der Waals surface area contributed by atoms with Gasteiger partial charge in [0.1, 0.15) is 5.75 Å². The Morgan fingerprint density at radius 2 is 2.12 bits per heavy atom. The minimum absolute atomic E-state index is 0.0906. The first kappa shape index (κ1) is 17.3. The van der Waals surface area contributed by atoms with E-state index in [1.807, 2.05) is 50.2 Å². The van der Waals surface area contributed by atoms with E-state index in [0.29, 0.717) is 13.2 Å². The molecule has 0 spiro atoms. The first-order chi connectivity index (χ1) is 12.1. The zero-order chi connectivity index (χ0) is 17.8. The number of nitrogens with zero attached hydrogens (tertiary/aromatic N) is 1. The lowest BCUT2D eigenvalue weighted by molar-refractivity contribution is 0.135. The molecule has 2 aromatic rings. The maximum absolute atomic E-state index is 12.8. The number of ether oxygens (including phenoxy) is 1. The number of rotatable bonds is 4. The molecule has 25 heavy (non-hydrogen) atoms. The fourth-order valence-corrected chi connectivity index (χ4v) is 3.31. The number of aliphatic hydroxyl groups is 1. The number of benzene rings is 2. The quantitative estimate of drug-likeness (QED) is 0.895. The van der Waals surface area contributed by atoms with Crippen LogP contribution in [0.4, 0.5) is 10.5 Å². The molecule has 0 aromatic heterocycles. The average Bonchev–Trinajstić information content (AvgIpc) is 2.63. The highest BCUT2D eigenvalue weighted by atomic mass is 16.5. The molecule has 1 aliphatic heterocycles. The van der Waals surface area contributed by atoms with Gasteiger partial charge in [0.05, 0.1) is 19.3 Å². The van der Waals surface area contributed by atoms with E-state index in [4.69, 9.17) is 4.74 Å². The van der Waals surface area contributed by atoms with E-state index in [9.17, 15) is 9.90 Å². The molecule has 0 fully saturated rings. The molecule has 2 N–H and O–H groups in total. The summed E-state index contributed by atoms with van der Waals surface area (Å²) >= 11 is 0. The number of carbonyl (C=O) groups is 1. The minimum Gasteiger partial charge on any atom is -0.494 e. The molecule has 5 heteroatoms. The number of amides is 2. The normalized spacial score (nSPS) is 16.3.